The second kappa shape index (κ2) is 6.12. The first-order chi connectivity index (χ1) is 8.31. The van der Waals surface area contributed by atoms with Crippen LogP contribution in [0.4, 0.5) is 5.82 Å². The number of anilines is 1. The quantitative estimate of drug-likeness (QED) is 0.776. The summed E-state index contributed by atoms with van der Waals surface area (Å²) in [6, 6.07) is 2.64. The summed E-state index contributed by atoms with van der Waals surface area (Å²) in [5, 5.41) is 0. The van der Waals surface area contributed by atoms with Crippen LogP contribution in [0.15, 0.2) is 23.2 Å². The number of sulfonamides is 1. The molecular weight excluding hydrogens is 252 g/mol. The first-order valence-corrected chi connectivity index (χ1v) is 7.18. The fourth-order valence-corrected chi connectivity index (χ4v) is 2.74. The Hall–Kier alpha value is -1.18. The van der Waals surface area contributed by atoms with Gasteiger partial charge in [0.1, 0.15) is 5.82 Å². The Morgan fingerprint density at radius 2 is 2.17 bits per heavy atom. The standard InChI is InChI=1S/C11H20N4O2S/c1-9(5-7-15(2)3)14-18(16,17)10-4-6-13-11(12)8-10/h4,6,8-9,14H,5,7H2,1-3H3,(H2,12,13). The molecule has 102 valence electrons. The van der Waals surface area contributed by atoms with E-state index in [1.807, 2.05) is 25.9 Å². The van der Waals surface area contributed by atoms with Crippen LogP contribution < -0.4 is 10.5 Å². The number of pyridine rings is 1. The Kier molecular flexibility index (Phi) is 5.06. The van der Waals surface area contributed by atoms with Crippen molar-refractivity contribution < 1.29 is 8.42 Å². The summed E-state index contributed by atoms with van der Waals surface area (Å²) in [6.07, 6.45) is 2.13. The van der Waals surface area contributed by atoms with E-state index in [1.165, 1.54) is 18.3 Å². The Bertz CT molecular complexity index is 488. The topological polar surface area (TPSA) is 88.3 Å². The molecule has 6 nitrogen and oxygen atoms in total. The van der Waals surface area contributed by atoms with Gasteiger partial charge in [0.2, 0.25) is 10.0 Å². The van der Waals surface area contributed by atoms with Crippen LogP contribution in [0.2, 0.25) is 0 Å². The highest BCUT2D eigenvalue weighted by Gasteiger charge is 2.17. The van der Waals surface area contributed by atoms with Gasteiger partial charge >= 0.3 is 0 Å². The average Bonchev–Trinajstić information content (AvgIpc) is 2.26. The van der Waals surface area contributed by atoms with Gasteiger partial charge in [0.05, 0.1) is 4.90 Å². The van der Waals surface area contributed by atoms with Crippen LogP contribution in [0, 0.1) is 0 Å². The van der Waals surface area contributed by atoms with E-state index in [9.17, 15) is 8.42 Å². The van der Waals surface area contributed by atoms with Gasteiger partial charge in [-0.05, 0) is 40.1 Å². The minimum Gasteiger partial charge on any atom is -0.384 e. The van der Waals surface area contributed by atoms with Crippen molar-refractivity contribution in [2.75, 3.05) is 26.4 Å². The van der Waals surface area contributed by atoms with E-state index in [2.05, 4.69) is 9.71 Å². The fraction of sp³-hybridized carbons (Fsp3) is 0.545. The number of aromatic nitrogens is 1. The van der Waals surface area contributed by atoms with Crippen molar-refractivity contribution in [3.63, 3.8) is 0 Å². The molecule has 7 heteroatoms. The molecule has 18 heavy (non-hydrogen) atoms. The average molecular weight is 272 g/mol. The fourth-order valence-electron chi connectivity index (χ4n) is 1.44. The maximum absolute atomic E-state index is 12.0. The molecule has 3 N–H and O–H groups in total. The largest absolute Gasteiger partial charge is 0.384 e. The third-order valence-corrected chi connectivity index (χ3v) is 4.02. The molecule has 0 aromatic carbocycles. The van der Waals surface area contributed by atoms with Gasteiger partial charge in [-0.2, -0.15) is 0 Å². The molecule has 1 heterocycles. The number of rotatable bonds is 6. The Morgan fingerprint density at radius 3 is 2.72 bits per heavy atom. The molecule has 1 aromatic rings. The number of nitrogens with zero attached hydrogens (tertiary/aromatic N) is 2. The van der Waals surface area contributed by atoms with Crippen molar-refractivity contribution in [3.05, 3.63) is 18.3 Å². The lowest BCUT2D eigenvalue weighted by molar-refractivity contribution is 0.379. The molecule has 0 aliphatic carbocycles. The van der Waals surface area contributed by atoms with E-state index in [1.54, 1.807) is 0 Å². The Balaban J connectivity index is 2.70. The molecule has 1 rings (SSSR count). The zero-order valence-corrected chi connectivity index (χ0v) is 11.7. The molecule has 0 bridgehead atoms. The molecule has 0 aliphatic rings. The van der Waals surface area contributed by atoms with Gasteiger partial charge in [-0.25, -0.2) is 18.1 Å². The van der Waals surface area contributed by atoms with Gasteiger partial charge in [0.25, 0.3) is 0 Å². The van der Waals surface area contributed by atoms with Crippen molar-refractivity contribution in [3.8, 4) is 0 Å². The third kappa shape index (κ3) is 4.59. The summed E-state index contributed by atoms with van der Waals surface area (Å²) in [7, 11) is 0.380. The van der Waals surface area contributed by atoms with Gasteiger partial charge in [0.15, 0.2) is 0 Å². The van der Waals surface area contributed by atoms with Crippen molar-refractivity contribution >= 4 is 15.8 Å². The molecule has 0 radical (unpaired) electrons. The van der Waals surface area contributed by atoms with Gasteiger partial charge in [-0.3, -0.25) is 0 Å². The maximum Gasteiger partial charge on any atom is 0.240 e. The maximum atomic E-state index is 12.0. The minimum atomic E-state index is -3.52. The molecule has 0 aliphatic heterocycles. The smallest absolute Gasteiger partial charge is 0.240 e. The van der Waals surface area contributed by atoms with Crippen LogP contribution in [0.25, 0.3) is 0 Å². The van der Waals surface area contributed by atoms with Gasteiger partial charge in [-0.1, -0.05) is 0 Å². The van der Waals surface area contributed by atoms with Gasteiger partial charge < -0.3 is 10.6 Å². The third-order valence-electron chi connectivity index (χ3n) is 2.43. The summed E-state index contributed by atoms with van der Waals surface area (Å²) in [4.78, 5) is 5.93. The molecule has 0 spiro atoms. The second-order valence-electron chi connectivity index (χ2n) is 4.53. The van der Waals surface area contributed by atoms with Crippen molar-refractivity contribution in [1.82, 2.24) is 14.6 Å². The summed E-state index contributed by atoms with van der Waals surface area (Å²) in [5.41, 5.74) is 5.47. The number of nitrogen functional groups attached to an aromatic ring is 1. The molecule has 0 amide bonds. The summed E-state index contributed by atoms with van der Waals surface area (Å²) in [6.45, 7) is 2.66. The number of hydrogen-bond donors (Lipinski definition) is 2. The summed E-state index contributed by atoms with van der Waals surface area (Å²) in [5.74, 6) is 0.193. The Labute approximate surface area is 108 Å². The number of hydrogen-bond acceptors (Lipinski definition) is 5. The molecular formula is C11H20N4O2S. The Morgan fingerprint density at radius 1 is 1.50 bits per heavy atom. The van der Waals surface area contributed by atoms with E-state index < -0.39 is 10.0 Å². The normalized spacial score (nSPS) is 13.8. The predicted molar refractivity (Wildman–Crippen MR) is 71.6 cm³/mol. The van der Waals surface area contributed by atoms with E-state index in [-0.39, 0.29) is 16.8 Å². The van der Waals surface area contributed by atoms with E-state index in [4.69, 9.17) is 5.73 Å². The zero-order chi connectivity index (χ0) is 13.8. The SMILES string of the molecule is CC(CCN(C)C)NS(=O)(=O)c1ccnc(N)c1. The van der Waals surface area contributed by atoms with Crippen LogP contribution in [-0.4, -0.2) is 45.0 Å². The van der Waals surface area contributed by atoms with Crippen LogP contribution in [0.5, 0.6) is 0 Å². The highest BCUT2D eigenvalue weighted by molar-refractivity contribution is 7.89. The van der Waals surface area contributed by atoms with E-state index >= 15 is 0 Å². The molecule has 0 saturated heterocycles. The monoisotopic (exact) mass is 272 g/mol. The van der Waals surface area contributed by atoms with E-state index in [0.29, 0.717) is 0 Å². The van der Waals surface area contributed by atoms with Crippen molar-refractivity contribution in [1.29, 1.82) is 0 Å². The number of nitrogens with two attached hydrogens (primary N) is 1. The first-order valence-electron chi connectivity index (χ1n) is 5.70. The van der Waals surface area contributed by atoms with Gasteiger partial charge in [-0.15, -0.1) is 0 Å². The molecule has 1 unspecified atom stereocenters. The zero-order valence-electron chi connectivity index (χ0n) is 10.9. The van der Waals surface area contributed by atoms with Crippen LogP contribution in [0.3, 0.4) is 0 Å². The highest BCUT2D eigenvalue weighted by Crippen LogP contribution is 2.11. The first kappa shape index (κ1) is 14.9. The second-order valence-corrected chi connectivity index (χ2v) is 6.24. The van der Waals surface area contributed by atoms with Gasteiger partial charge in [0, 0.05) is 18.3 Å². The summed E-state index contributed by atoms with van der Waals surface area (Å²) >= 11 is 0. The molecule has 0 saturated carbocycles. The lowest BCUT2D eigenvalue weighted by Crippen LogP contribution is -2.34. The van der Waals surface area contributed by atoms with Crippen molar-refractivity contribution in [2.24, 2.45) is 0 Å². The van der Waals surface area contributed by atoms with Crippen molar-refractivity contribution in [2.45, 2.75) is 24.3 Å². The van der Waals surface area contributed by atoms with Crippen LogP contribution >= 0.6 is 0 Å². The molecule has 1 aromatic heterocycles. The lowest BCUT2D eigenvalue weighted by atomic mass is 10.2. The molecule has 1 atom stereocenters. The van der Waals surface area contributed by atoms with Crippen LogP contribution in [0.1, 0.15) is 13.3 Å². The minimum absolute atomic E-state index is 0.133. The molecule has 0 fully saturated rings. The lowest BCUT2D eigenvalue weighted by Gasteiger charge is -2.16. The summed E-state index contributed by atoms with van der Waals surface area (Å²) < 4.78 is 26.7. The highest BCUT2D eigenvalue weighted by atomic mass is 32.2. The predicted octanol–water partition coefficient (Wildman–Crippen LogP) is 0.282. The number of nitrogens with one attached hydrogen (secondary N) is 1. The van der Waals surface area contributed by atoms with Crippen LogP contribution in [-0.2, 0) is 10.0 Å². The van der Waals surface area contributed by atoms with E-state index in [0.717, 1.165) is 13.0 Å².